The fraction of sp³-hybridized carbons (Fsp3) is 0.333. The molecule has 0 saturated carbocycles. The highest BCUT2D eigenvalue weighted by molar-refractivity contribution is 5.98. The second-order valence-electron chi connectivity index (χ2n) is 6.84. The van der Waals surface area contributed by atoms with E-state index in [1.807, 2.05) is 0 Å². The highest BCUT2D eigenvalue weighted by atomic mass is 19.4. The first-order chi connectivity index (χ1) is 14.7. The fourth-order valence-electron chi connectivity index (χ4n) is 3.18. The largest absolute Gasteiger partial charge is 0.573 e. The molecule has 0 spiro atoms. The Morgan fingerprint density at radius 3 is 2.55 bits per heavy atom. The molecule has 0 aromatic heterocycles. The first kappa shape index (κ1) is 22.4. The third-order valence-corrected chi connectivity index (χ3v) is 4.71. The zero-order chi connectivity index (χ0) is 22.6. The Labute approximate surface area is 176 Å². The number of nitrogens with one attached hydrogen (secondary N) is 2. The molecule has 10 heteroatoms. The summed E-state index contributed by atoms with van der Waals surface area (Å²) in [4.78, 5) is 24.4. The van der Waals surface area contributed by atoms with Crippen molar-refractivity contribution >= 4 is 28.9 Å². The van der Waals surface area contributed by atoms with Gasteiger partial charge in [-0.1, -0.05) is 6.07 Å². The van der Waals surface area contributed by atoms with Crippen LogP contribution in [0.3, 0.4) is 0 Å². The van der Waals surface area contributed by atoms with Crippen LogP contribution in [0, 0.1) is 6.92 Å². The smallest absolute Gasteiger partial charge is 0.465 e. The quantitative estimate of drug-likeness (QED) is 0.644. The number of hydrogen-bond donors (Lipinski definition) is 2. The molecular weight excluding hydrogens is 417 g/mol. The molecule has 166 valence electrons. The lowest BCUT2D eigenvalue weighted by Crippen LogP contribution is -2.27. The van der Waals surface area contributed by atoms with E-state index < -0.39 is 30.1 Å². The van der Waals surface area contributed by atoms with Crippen molar-refractivity contribution in [3.63, 3.8) is 0 Å². The van der Waals surface area contributed by atoms with E-state index in [1.165, 1.54) is 13.2 Å². The zero-order valence-corrected chi connectivity index (χ0v) is 16.8. The maximum Gasteiger partial charge on any atom is 0.573 e. The highest BCUT2D eigenvalue weighted by Crippen LogP contribution is 2.34. The summed E-state index contributed by atoms with van der Waals surface area (Å²) in [6.45, 7) is 2.14. The molecule has 1 fully saturated rings. The Balaban J connectivity index is 1.93. The van der Waals surface area contributed by atoms with Gasteiger partial charge in [-0.2, -0.15) is 0 Å². The lowest BCUT2D eigenvalue weighted by Gasteiger charge is -2.19. The monoisotopic (exact) mass is 438 g/mol. The lowest BCUT2D eigenvalue weighted by molar-refractivity contribution is -0.274. The van der Waals surface area contributed by atoms with E-state index in [9.17, 15) is 22.8 Å². The van der Waals surface area contributed by atoms with Crippen LogP contribution in [-0.2, 0) is 14.3 Å². The Morgan fingerprint density at radius 1 is 1.13 bits per heavy atom. The molecule has 0 aliphatic carbocycles. The first-order valence-electron chi connectivity index (χ1n) is 9.45. The molecule has 7 nitrogen and oxygen atoms in total. The van der Waals surface area contributed by atoms with E-state index in [0.717, 1.165) is 18.6 Å². The first-order valence-corrected chi connectivity index (χ1v) is 9.45. The summed E-state index contributed by atoms with van der Waals surface area (Å²) in [6, 6.07) is 8.45. The van der Waals surface area contributed by atoms with Gasteiger partial charge in [-0.15, -0.1) is 13.2 Å². The van der Waals surface area contributed by atoms with Gasteiger partial charge in [0.2, 0.25) is 0 Å². The van der Waals surface area contributed by atoms with Crippen LogP contribution in [0.2, 0.25) is 0 Å². The average Bonchev–Trinajstić information content (AvgIpc) is 3.24. The number of amides is 1. The number of alkyl halides is 3. The molecule has 0 unspecified atom stereocenters. The van der Waals surface area contributed by atoms with Crippen LogP contribution in [0.4, 0.5) is 30.2 Å². The van der Waals surface area contributed by atoms with Crippen molar-refractivity contribution in [2.75, 3.05) is 24.4 Å². The van der Waals surface area contributed by atoms with Crippen molar-refractivity contribution in [1.29, 1.82) is 0 Å². The third kappa shape index (κ3) is 5.66. The molecule has 1 saturated heterocycles. The van der Waals surface area contributed by atoms with Gasteiger partial charge in [0.25, 0.3) is 5.91 Å². The number of carbonyl (C=O) groups is 2. The van der Waals surface area contributed by atoms with Gasteiger partial charge in [0, 0.05) is 18.4 Å². The number of methoxy groups -OCH3 is 1. The maximum atomic E-state index is 12.6. The fourth-order valence-corrected chi connectivity index (χ4v) is 3.18. The highest BCUT2D eigenvalue weighted by Gasteiger charge is 2.31. The van der Waals surface area contributed by atoms with Crippen molar-refractivity contribution in [1.82, 2.24) is 0 Å². The van der Waals surface area contributed by atoms with Crippen LogP contribution in [0.1, 0.15) is 28.8 Å². The predicted octanol–water partition coefficient (Wildman–Crippen LogP) is 4.54. The van der Waals surface area contributed by atoms with E-state index >= 15 is 0 Å². The standard InChI is InChI=1S/C21H21F3N2O5/c1-12-14(20(28)29-2)5-3-6-15(12)25-16-9-8-13(31-21(22,23)24)11-17(16)26-19(27)18-7-4-10-30-18/h3,5-6,8-9,11,18,25H,4,7,10H2,1-2H3,(H,26,27)/t18-/m1/s1. The van der Waals surface area contributed by atoms with E-state index in [4.69, 9.17) is 9.47 Å². The van der Waals surface area contributed by atoms with Crippen molar-refractivity contribution < 1.29 is 37.0 Å². The van der Waals surface area contributed by atoms with Crippen LogP contribution in [0.15, 0.2) is 36.4 Å². The summed E-state index contributed by atoms with van der Waals surface area (Å²) in [6.07, 6.45) is -4.31. The molecule has 1 aliphatic heterocycles. The molecule has 2 aromatic rings. The van der Waals surface area contributed by atoms with Crippen molar-refractivity contribution in [2.45, 2.75) is 32.2 Å². The van der Waals surface area contributed by atoms with E-state index in [1.54, 1.807) is 25.1 Å². The Kier molecular flexibility index (Phi) is 6.69. The normalized spacial score (nSPS) is 16.0. The number of carbonyl (C=O) groups excluding carboxylic acids is 2. The Hall–Kier alpha value is -3.27. The summed E-state index contributed by atoms with van der Waals surface area (Å²) >= 11 is 0. The van der Waals surface area contributed by atoms with Crippen LogP contribution in [0.5, 0.6) is 5.75 Å². The van der Waals surface area contributed by atoms with Gasteiger partial charge in [0.05, 0.1) is 24.0 Å². The molecule has 0 bridgehead atoms. The Morgan fingerprint density at radius 2 is 1.90 bits per heavy atom. The van der Waals surface area contributed by atoms with Crippen LogP contribution >= 0.6 is 0 Å². The van der Waals surface area contributed by atoms with Crippen LogP contribution in [-0.4, -0.2) is 38.1 Å². The molecule has 1 heterocycles. The van der Waals surface area contributed by atoms with Gasteiger partial charge < -0.3 is 24.8 Å². The van der Waals surface area contributed by atoms with Gasteiger partial charge in [-0.3, -0.25) is 4.79 Å². The third-order valence-electron chi connectivity index (χ3n) is 4.71. The van der Waals surface area contributed by atoms with E-state index in [0.29, 0.717) is 35.5 Å². The van der Waals surface area contributed by atoms with E-state index in [2.05, 4.69) is 15.4 Å². The number of ether oxygens (including phenoxy) is 3. The minimum Gasteiger partial charge on any atom is -0.465 e. The second-order valence-corrected chi connectivity index (χ2v) is 6.84. The average molecular weight is 438 g/mol. The number of halogens is 3. The number of hydrogen-bond acceptors (Lipinski definition) is 6. The van der Waals surface area contributed by atoms with Crippen LogP contribution < -0.4 is 15.4 Å². The Bertz CT molecular complexity index is 972. The molecule has 0 radical (unpaired) electrons. The number of rotatable bonds is 6. The molecule has 31 heavy (non-hydrogen) atoms. The van der Waals surface area contributed by atoms with Gasteiger partial charge in [-0.25, -0.2) is 4.79 Å². The lowest BCUT2D eigenvalue weighted by atomic mass is 10.1. The number of benzene rings is 2. The van der Waals surface area contributed by atoms with Gasteiger partial charge in [0.1, 0.15) is 11.9 Å². The summed E-state index contributed by atoms with van der Waals surface area (Å²) in [7, 11) is 1.26. The minimum atomic E-state index is -4.88. The van der Waals surface area contributed by atoms with E-state index in [-0.39, 0.29) is 5.69 Å². The second kappa shape index (κ2) is 9.25. The zero-order valence-electron chi connectivity index (χ0n) is 16.8. The number of esters is 1. The molecular formula is C21H21F3N2O5. The topological polar surface area (TPSA) is 85.9 Å². The van der Waals surface area contributed by atoms with Gasteiger partial charge in [-0.05, 0) is 49.6 Å². The summed E-state index contributed by atoms with van der Waals surface area (Å²) in [5.74, 6) is -1.48. The summed E-state index contributed by atoms with van der Waals surface area (Å²) in [5, 5.41) is 5.65. The molecule has 1 amide bonds. The minimum absolute atomic E-state index is 0.0742. The van der Waals surface area contributed by atoms with Crippen molar-refractivity contribution in [2.24, 2.45) is 0 Å². The maximum absolute atomic E-state index is 12.6. The van der Waals surface area contributed by atoms with Crippen LogP contribution in [0.25, 0.3) is 0 Å². The molecule has 2 aromatic carbocycles. The van der Waals surface area contributed by atoms with Crippen molar-refractivity contribution in [3.8, 4) is 5.75 Å². The van der Waals surface area contributed by atoms with Crippen molar-refractivity contribution in [3.05, 3.63) is 47.5 Å². The summed E-state index contributed by atoms with van der Waals surface area (Å²) in [5.41, 5.74) is 1.80. The SMILES string of the molecule is COC(=O)c1cccc(Nc2ccc(OC(F)(F)F)cc2NC(=O)[C@H]2CCCO2)c1C. The molecule has 2 N–H and O–H groups in total. The summed E-state index contributed by atoms with van der Waals surface area (Å²) < 4.78 is 52.0. The molecule has 3 rings (SSSR count). The molecule has 1 aliphatic rings. The molecule has 1 atom stereocenters. The predicted molar refractivity (Wildman–Crippen MR) is 107 cm³/mol. The number of anilines is 3. The van der Waals surface area contributed by atoms with Gasteiger partial charge >= 0.3 is 12.3 Å². The van der Waals surface area contributed by atoms with Gasteiger partial charge in [0.15, 0.2) is 0 Å².